The van der Waals surface area contributed by atoms with Crippen molar-refractivity contribution in [3.63, 3.8) is 0 Å². The number of aryl methyl sites for hydroxylation is 1. The molecule has 0 saturated heterocycles. The Hall–Kier alpha value is -0.910. The summed E-state index contributed by atoms with van der Waals surface area (Å²) >= 11 is 0. The highest BCUT2D eigenvalue weighted by atomic mass is 32.2. The normalized spacial score (nSPS) is 25.0. The molecule has 1 aromatic rings. The first-order valence-electron chi connectivity index (χ1n) is 6.33. The molecule has 0 aromatic heterocycles. The summed E-state index contributed by atoms with van der Waals surface area (Å²) in [5, 5.41) is 0. The van der Waals surface area contributed by atoms with Crippen LogP contribution in [0.25, 0.3) is 0 Å². The average molecular weight is 268 g/mol. The van der Waals surface area contributed by atoms with Gasteiger partial charge in [-0.1, -0.05) is 30.5 Å². The molecule has 1 fully saturated rings. The van der Waals surface area contributed by atoms with Gasteiger partial charge in [-0.15, -0.1) is 0 Å². The average Bonchev–Trinajstić information content (AvgIpc) is 2.32. The van der Waals surface area contributed by atoms with E-state index in [9.17, 15) is 8.42 Å². The number of sulfonamides is 1. The van der Waals surface area contributed by atoms with Crippen LogP contribution < -0.4 is 10.5 Å². The molecule has 1 aliphatic rings. The van der Waals surface area contributed by atoms with Crippen LogP contribution in [0.3, 0.4) is 0 Å². The fourth-order valence-corrected chi connectivity index (χ4v) is 3.61. The number of rotatable bonds is 3. The van der Waals surface area contributed by atoms with Crippen molar-refractivity contribution >= 4 is 10.0 Å². The zero-order chi connectivity index (χ0) is 13.2. The molecule has 4 nitrogen and oxygen atoms in total. The van der Waals surface area contributed by atoms with Crippen LogP contribution >= 0.6 is 0 Å². The van der Waals surface area contributed by atoms with Gasteiger partial charge >= 0.3 is 0 Å². The van der Waals surface area contributed by atoms with Gasteiger partial charge in [-0.3, -0.25) is 0 Å². The molecule has 1 aliphatic carbocycles. The molecule has 0 heterocycles. The quantitative estimate of drug-likeness (QED) is 0.873. The standard InChI is InChI=1S/C13H20N2O2S/c1-10-6-8-11(9-7-10)18(16,17)15-13-5-3-2-4-12(13)14/h6-9,12-13,15H,2-5,14H2,1H3/t12-,13-/m1/s1. The minimum atomic E-state index is -3.44. The van der Waals surface area contributed by atoms with Gasteiger partial charge in [-0.05, 0) is 31.9 Å². The van der Waals surface area contributed by atoms with E-state index in [0.29, 0.717) is 4.90 Å². The van der Waals surface area contributed by atoms with Gasteiger partial charge in [0.2, 0.25) is 10.0 Å². The second-order valence-electron chi connectivity index (χ2n) is 4.99. The first-order chi connectivity index (χ1) is 8.49. The van der Waals surface area contributed by atoms with E-state index < -0.39 is 10.0 Å². The monoisotopic (exact) mass is 268 g/mol. The van der Waals surface area contributed by atoms with Crippen molar-refractivity contribution in [2.24, 2.45) is 5.73 Å². The maximum atomic E-state index is 12.2. The van der Waals surface area contributed by atoms with Crippen LogP contribution in [0, 0.1) is 6.92 Å². The molecular weight excluding hydrogens is 248 g/mol. The predicted molar refractivity (Wildman–Crippen MR) is 71.7 cm³/mol. The van der Waals surface area contributed by atoms with Crippen molar-refractivity contribution in [1.82, 2.24) is 4.72 Å². The fourth-order valence-electron chi connectivity index (χ4n) is 2.29. The van der Waals surface area contributed by atoms with Crippen LogP contribution in [0.2, 0.25) is 0 Å². The second-order valence-corrected chi connectivity index (χ2v) is 6.70. The van der Waals surface area contributed by atoms with Gasteiger partial charge in [0, 0.05) is 12.1 Å². The molecular formula is C13H20N2O2S. The summed E-state index contributed by atoms with van der Waals surface area (Å²) in [6, 6.07) is 6.66. The van der Waals surface area contributed by atoms with Crippen LogP contribution in [0.5, 0.6) is 0 Å². The van der Waals surface area contributed by atoms with E-state index in [1.165, 1.54) is 0 Å². The Bertz CT molecular complexity index is 496. The van der Waals surface area contributed by atoms with Gasteiger partial charge in [-0.2, -0.15) is 0 Å². The molecule has 0 amide bonds. The molecule has 1 aromatic carbocycles. The summed E-state index contributed by atoms with van der Waals surface area (Å²) < 4.78 is 27.1. The van der Waals surface area contributed by atoms with Crippen LogP contribution in [0.15, 0.2) is 29.2 Å². The van der Waals surface area contributed by atoms with Gasteiger partial charge in [-0.25, -0.2) is 13.1 Å². The van der Waals surface area contributed by atoms with Gasteiger partial charge in [0.15, 0.2) is 0 Å². The minimum absolute atomic E-state index is 0.0704. The second kappa shape index (κ2) is 5.38. The Morgan fingerprint density at radius 3 is 2.39 bits per heavy atom. The fraction of sp³-hybridized carbons (Fsp3) is 0.538. The lowest BCUT2D eigenvalue weighted by Gasteiger charge is -2.29. The minimum Gasteiger partial charge on any atom is -0.326 e. The molecule has 1 saturated carbocycles. The molecule has 18 heavy (non-hydrogen) atoms. The number of benzene rings is 1. The van der Waals surface area contributed by atoms with Gasteiger partial charge < -0.3 is 5.73 Å². The topological polar surface area (TPSA) is 72.2 Å². The Kier molecular flexibility index (Phi) is 4.04. The molecule has 2 atom stereocenters. The maximum Gasteiger partial charge on any atom is 0.240 e. The third-order valence-electron chi connectivity index (χ3n) is 3.46. The Balaban J connectivity index is 2.13. The van der Waals surface area contributed by atoms with Crippen molar-refractivity contribution in [3.8, 4) is 0 Å². The highest BCUT2D eigenvalue weighted by Crippen LogP contribution is 2.19. The summed E-state index contributed by atoms with van der Waals surface area (Å²) in [6.45, 7) is 1.93. The van der Waals surface area contributed by atoms with Gasteiger partial charge in [0.25, 0.3) is 0 Å². The van der Waals surface area contributed by atoms with E-state index >= 15 is 0 Å². The number of nitrogens with two attached hydrogens (primary N) is 1. The molecule has 0 unspecified atom stereocenters. The lowest BCUT2D eigenvalue weighted by molar-refractivity contribution is 0.361. The lowest BCUT2D eigenvalue weighted by atomic mass is 9.92. The smallest absolute Gasteiger partial charge is 0.240 e. The van der Waals surface area contributed by atoms with Gasteiger partial charge in [0.05, 0.1) is 4.90 Å². The largest absolute Gasteiger partial charge is 0.326 e. The molecule has 5 heteroatoms. The molecule has 0 spiro atoms. The van der Waals surface area contributed by atoms with E-state index in [2.05, 4.69) is 4.72 Å². The van der Waals surface area contributed by atoms with Crippen molar-refractivity contribution in [2.45, 2.75) is 49.6 Å². The zero-order valence-electron chi connectivity index (χ0n) is 10.6. The van der Waals surface area contributed by atoms with E-state index in [1.54, 1.807) is 24.3 Å². The molecule has 0 bridgehead atoms. The molecule has 0 aliphatic heterocycles. The van der Waals surface area contributed by atoms with Crippen LogP contribution in [0.1, 0.15) is 31.2 Å². The lowest BCUT2D eigenvalue weighted by Crippen LogP contribution is -2.49. The van der Waals surface area contributed by atoms with E-state index in [4.69, 9.17) is 5.73 Å². The predicted octanol–water partition coefficient (Wildman–Crippen LogP) is 1.54. The highest BCUT2D eigenvalue weighted by molar-refractivity contribution is 7.89. The Labute approximate surface area is 109 Å². The number of nitrogens with one attached hydrogen (secondary N) is 1. The van der Waals surface area contributed by atoms with Crippen molar-refractivity contribution in [3.05, 3.63) is 29.8 Å². The van der Waals surface area contributed by atoms with Crippen LogP contribution in [-0.4, -0.2) is 20.5 Å². The third kappa shape index (κ3) is 3.10. The summed E-state index contributed by atoms with van der Waals surface area (Å²) in [6.07, 6.45) is 3.84. The SMILES string of the molecule is Cc1ccc(S(=O)(=O)N[C@@H]2CCCC[C@H]2N)cc1. The molecule has 2 rings (SSSR count). The summed E-state index contributed by atoms with van der Waals surface area (Å²) in [4.78, 5) is 0.311. The van der Waals surface area contributed by atoms with E-state index in [0.717, 1.165) is 31.2 Å². The van der Waals surface area contributed by atoms with Crippen molar-refractivity contribution < 1.29 is 8.42 Å². The summed E-state index contributed by atoms with van der Waals surface area (Å²) in [7, 11) is -3.44. The van der Waals surface area contributed by atoms with E-state index in [-0.39, 0.29) is 12.1 Å². The van der Waals surface area contributed by atoms with Crippen LogP contribution in [0.4, 0.5) is 0 Å². The molecule has 100 valence electrons. The zero-order valence-corrected chi connectivity index (χ0v) is 11.4. The molecule has 0 radical (unpaired) electrons. The van der Waals surface area contributed by atoms with Gasteiger partial charge in [0.1, 0.15) is 0 Å². The Morgan fingerprint density at radius 1 is 1.17 bits per heavy atom. The van der Waals surface area contributed by atoms with Crippen LogP contribution in [-0.2, 0) is 10.0 Å². The first-order valence-corrected chi connectivity index (χ1v) is 7.82. The summed E-state index contributed by atoms with van der Waals surface area (Å²) in [5.74, 6) is 0. The number of hydrogen-bond donors (Lipinski definition) is 2. The molecule has 3 N–H and O–H groups in total. The van der Waals surface area contributed by atoms with E-state index in [1.807, 2.05) is 6.92 Å². The Morgan fingerprint density at radius 2 is 1.78 bits per heavy atom. The van der Waals surface area contributed by atoms with Crippen molar-refractivity contribution in [2.75, 3.05) is 0 Å². The van der Waals surface area contributed by atoms with Crippen molar-refractivity contribution in [1.29, 1.82) is 0 Å². The number of hydrogen-bond acceptors (Lipinski definition) is 3. The third-order valence-corrected chi connectivity index (χ3v) is 4.96. The first kappa shape index (κ1) is 13.5. The maximum absolute atomic E-state index is 12.2. The summed E-state index contributed by atoms with van der Waals surface area (Å²) in [5.41, 5.74) is 7.01. The highest BCUT2D eigenvalue weighted by Gasteiger charge is 2.26.